The van der Waals surface area contributed by atoms with Crippen LogP contribution in [0.2, 0.25) is 0 Å². The van der Waals surface area contributed by atoms with Crippen molar-refractivity contribution in [3.8, 4) is 17.9 Å². The highest BCUT2D eigenvalue weighted by Crippen LogP contribution is 2.40. The third kappa shape index (κ3) is 4.39. The Kier molecular flexibility index (Phi) is 6.49. The van der Waals surface area contributed by atoms with E-state index < -0.39 is 12.1 Å². The molecule has 3 rings (SSSR count). The Hall–Kier alpha value is -3.35. The van der Waals surface area contributed by atoms with Crippen molar-refractivity contribution in [1.29, 1.82) is 5.26 Å². The molecule has 1 aliphatic rings. The Morgan fingerprint density at radius 3 is 2.55 bits per heavy atom. The summed E-state index contributed by atoms with van der Waals surface area (Å²) in [5, 5.41) is 22.1. The van der Waals surface area contributed by atoms with Crippen molar-refractivity contribution < 1.29 is 14.3 Å². The van der Waals surface area contributed by atoms with Crippen LogP contribution < -0.4 is 5.32 Å². The van der Waals surface area contributed by atoms with Gasteiger partial charge in [-0.25, -0.2) is 9.18 Å². The van der Waals surface area contributed by atoms with E-state index in [1.165, 1.54) is 17.0 Å². The van der Waals surface area contributed by atoms with E-state index in [1.54, 1.807) is 12.1 Å². The third-order valence-corrected chi connectivity index (χ3v) is 4.96. The van der Waals surface area contributed by atoms with Gasteiger partial charge >= 0.3 is 6.03 Å². The number of nitriles is 1. The van der Waals surface area contributed by atoms with Gasteiger partial charge in [0.05, 0.1) is 18.7 Å². The molecule has 29 heavy (non-hydrogen) atoms. The molecule has 0 saturated carbocycles. The van der Waals surface area contributed by atoms with Crippen molar-refractivity contribution in [2.45, 2.75) is 31.3 Å². The summed E-state index contributed by atoms with van der Waals surface area (Å²) in [5.41, 5.74) is 2.21. The third-order valence-electron chi connectivity index (χ3n) is 4.96. The minimum absolute atomic E-state index is 0.219. The van der Waals surface area contributed by atoms with E-state index >= 15 is 0 Å². The Morgan fingerprint density at radius 2 is 1.93 bits per heavy atom. The van der Waals surface area contributed by atoms with Crippen LogP contribution in [0, 0.1) is 29.0 Å². The number of nitrogens with zero attached hydrogens (tertiary/aromatic N) is 2. The van der Waals surface area contributed by atoms with E-state index in [4.69, 9.17) is 0 Å². The number of aliphatic hydroxyl groups is 1. The molecule has 5 nitrogen and oxygen atoms in total. The molecule has 1 saturated heterocycles. The first-order chi connectivity index (χ1) is 14.1. The van der Waals surface area contributed by atoms with Gasteiger partial charge in [0.2, 0.25) is 0 Å². The lowest BCUT2D eigenvalue weighted by Crippen LogP contribution is -2.67. The highest BCUT2D eigenvalue weighted by Gasteiger charge is 2.51. The summed E-state index contributed by atoms with van der Waals surface area (Å²) in [5.74, 6) is 5.31. The molecule has 2 aromatic carbocycles. The van der Waals surface area contributed by atoms with Crippen LogP contribution in [0.15, 0.2) is 48.5 Å². The lowest BCUT2D eigenvalue weighted by Gasteiger charge is -2.51. The lowest BCUT2D eigenvalue weighted by molar-refractivity contribution is 0.0169. The van der Waals surface area contributed by atoms with Gasteiger partial charge < -0.3 is 15.3 Å². The quantitative estimate of drug-likeness (QED) is 0.787. The zero-order valence-electron chi connectivity index (χ0n) is 16.1. The Balaban J connectivity index is 1.75. The van der Waals surface area contributed by atoms with E-state index in [9.17, 15) is 19.6 Å². The first-order valence-electron chi connectivity index (χ1n) is 9.53. The highest BCUT2D eigenvalue weighted by atomic mass is 19.1. The Labute approximate surface area is 169 Å². The maximum Gasteiger partial charge on any atom is 0.318 e. The van der Waals surface area contributed by atoms with Gasteiger partial charge in [-0.3, -0.25) is 0 Å². The van der Waals surface area contributed by atoms with E-state index in [1.807, 2.05) is 31.2 Å². The molecule has 2 aromatic rings. The largest absolute Gasteiger partial charge is 0.394 e. The molecule has 0 aliphatic carbocycles. The van der Waals surface area contributed by atoms with Crippen LogP contribution in [-0.2, 0) is 0 Å². The zero-order chi connectivity index (χ0) is 20.8. The van der Waals surface area contributed by atoms with Crippen molar-refractivity contribution >= 4 is 6.03 Å². The number of rotatable bonds is 4. The van der Waals surface area contributed by atoms with Crippen LogP contribution in [0.25, 0.3) is 0 Å². The number of amides is 2. The molecule has 0 bridgehead atoms. The predicted molar refractivity (Wildman–Crippen MR) is 107 cm³/mol. The number of carbonyl (C=O) groups is 1. The van der Waals surface area contributed by atoms with Gasteiger partial charge in [0.15, 0.2) is 0 Å². The molecule has 2 amide bonds. The minimum atomic E-state index is -0.631. The number of urea groups is 1. The molecular formula is C23H22FN3O2. The number of hydrogen-bond acceptors (Lipinski definition) is 3. The number of carbonyl (C=O) groups excluding carboxylic acids is 1. The predicted octanol–water partition coefficient (Wildman–Crippen LogP) is 3.00. The maximum atomic E-state index is 13.2. The summed E-state index contributed by atoms with van der Waals surface area (Å²) in [4.78, 5) is 13.7. The molecule has 148 valence electrons. The molecule has 0 radical (unpaired) electrons. The summed E-state index contributed by atoms with van der Waals surface area (Å²) < 4.78 is 13.2. The van der Waals surface area contributed by atoms with Crippen LogP contribution >= 0.6 is 0 Å². The van der Waals surface area contributed by atoms with Crippen molar-refractivity contribution in [2.24, 2.45) is 0 Å². The molecule has 1 heterocycles. The van der Waals surface area contributed by atoms with Crippen LogP contribution in [0.3, 0.4) is 0 Å². The van der Waals surface area contributed by atoms with Crippen molar-refractivity contribution in [3.63, 3.8) is 0 Å². The number of halogens is 1. The number of nitrogens with one attached hydrogen (secondary N) is 1. The SMILES string of the molecule is CCCNC(=O)N1[C@H](C#N)[C@@H](c2ccc(C#Cc3cccc(F)c3)cc2)[C@@H]1CO. The van der Waals surface area contributed by atoms with Gasteiger partial charge in [0.25, 0.3) is 0 Å². The van der Waals surface area contributed by atoms with Crippen molar-refractivity contribution in [3.05, 3.63) is 71.0 Å². The van der Waals surface area contributed by atoms with Gasteiger partial charge in [-0.1, -0.05) is 37.0 Å². The van der Waals surface area contributed by atoms with Crippen LogP contribution in [0.5, 0.6) is 0 Å². The van der Waals surface area contributed by atoms with Gasteiger partial charge in [-0.05, 0) is 42.3 Å². The molecule has 6 heteroatoms. The second-order valence-electron chi connectivity index (χ2n) is 6.87. The molecule has 1 fully saturated rings. The number of hydrogen-bond donors (Lipinski definition) is 2. The summed E-state index contributed by atoms with van der Waals surface area (Å²) in [6.45, 7) is 2.25. The Morgan fingerprint density at radius 1 is 1.21 bits per heavy atom. The fraction of sp³-hybridized carbons (Fsp3) is 0.304. The number of likely N-dealkylation sites (tertiary alicyclic amines) is 1. The molecular weight excluding hydrogens is 369 g/mol. The first kappa shape index (κ1) is 20.4. The normalized spacial score (nSPS) is 20.1. The number of aliphatic hydroxyl groups excluding tert-OH is 1. The zero-order valence-corrected chi connectivity index (χ0v) is 16.1. The molecule has 0 spiro atoms. The standard InChI is InChI=1S/C23H22FN3O2/c1-2-12-26-23(29)27-20(14-25)22(21(27)15-28)18-10-8-16(9-11-18)6-7-17-4-3-5-19(24)13-17/h3-5,8-11,13,20-22,28H,2,12,15H2,1H3,(H,26,29)/t20-,21+,22-/m1/s1. The monoisotopic (exact) mass is 391 g/mol. The summed E-state index contributed by atoms with van der Waals surface area (Å²) in [6, 6.07) is 14.2. The van der Waals surface area contributed by atoms with E-state index in [0.29, 0.717) is 12.1 Å². The number of benzene rings is 2. The topological polar surface area (TPSA) is 76.4 Å². The van der Waals surface area contributed by atoms with E-state index in [2.05, 4.69) is 23.2 Å². The molecule has 0 aromatic heterocycles. The Bertz CT molecular complexity index is 972. The van der Waals surface area contributed by atoms with Gasteiger partial charge in [0.1, 0.15) is 11.9 Å². The van der Waals surface area contributed by atoms with E-state index in [-0.39, 0.29) is 24.4 Å². The fourth-order valence-corrected chi connectivity index (χ4v) is 3.51. The average molecular weight is 391 g/mol. The summed E-state index contributed by atoms with van der Waals surface area (Å²) >= 11 is 0. The van der Waals surface area contributed by atoms with Crippen LogP contribution in [0.1, 0.15) is 36.0 Å². The smallest absolute Gasteiger partial charge is 0.318 e. The van der Waals surface area contributed by atoms with Gasteiger partial charge in [0, 0.05) is 23.6 Å². The van der Waals surface area contributed by atoms with Gasteiger partial charge in [-0.15, -0.1) is 0 Å². The highest BCUT2D eigenvalue weighted by molar-refractivity contribution is 5.77. The van der Waals surface area contributed by atoms with Crippen molar-refractivity contribution in [1.82, 2.24) is 10.2 Å². The second kappa shape index (κ2) is 9.23. The fourth-order valence-electron chi connectivity index (χ4n) is 3.51. The van der Waals surface area contributed by atoms with Crippen molar-refractivity contribution in [2.75, 3.05) is 13.2 Å². The van der Waals surface area contributed by atoms with E-state index in [0.717, 1.165) is 17.5 Å². The summed E-state index contributed by atoms with van der Waals surface area (Å²) in [7, 11) is 0. The average Bonchev–Trinajstić information content (AvgIpc) is 2.71. The minimum Gasteiger partial charge on any atom is -0.394 e. The second-order valence-corrected chi connectivity index (χ2v) is 6.87. The first-order valence-corrected chi connectivity index (χ1v) is 9.53. The van der Waals surface area contributed by atoms with Crippen LogP contribution in [0.4, 0.5) is 9.18 Å². The lowest BCUT2D eigenvalue weighted by atomic mass is 9.76. The van der Waals surface area contributed by atoms with Gasteiger partial charge in [-0.2, -0.15) is 5.26 Å². The molecule has 0 unspecified atom stereocenters. The summed E-state index contributed by atoms with van der Waals surface area (Å²) in [6.07, 6.45) is 0.794. The maximum absolute atomic E-state index is 13.2. The molecule has 2 N–H and O–H groups in total. The molecule has 3 atom stereocenters. The molecule has 1 aliphatic heterocycles. The van der Waals surface area contributed by atoms with Crippen LogP contribution in [-0.4, -0.2) is 41.3 Å².